The molecular formula is C13H14N2O2S2. The van der Waals surface area contributed by atoms with E-state index in [9.17, 15) is 8.42 Å². The maximum Gasteiger partial charge on any atom is 0.152 e. The zero-order chi connectivity index (χ0) is 13.3. The lowest BCUT2D eigenvalue weighted by atomic mass is 10.2. The Kier molecular flexibility index (Phi) is 3.28. The van der Waals surface area contributed by atoms with E-state index in [0.29, 0.717) is 6.42 Å². The van der Waals surface area contributed by atoms with Crippen LogP contribution in [0.25, 0.3) is 10.6 Å². The number of sulfone groups is 1. The highest BCUT2D eigenvalue weighted by Crippen LogP contribution is 2.25. The van der Waals surface area contributed by atoms with Gasteiger partial charge in [-0.2, -0.15) is 0 Å². The summed E-state index contributed by atoms with van der Waals surface area (Å²) in [7, 11) is -2.84. The van der Waals surface area contributed by atoms with Crippen molar-refractivity contribution < 1.29 is 8.42 Å². The molecule has 100 valence electrons. The van der Waals surface area contributed by atoms with Crippen LogP contribution in [-0.2, 0) is 9.84 Å². The van der Waals surface area contributed by atoms with Crippen molar-refractivity contribution >= 4 is 26.9 Å². The van der Waals surface area contributed by atoms with Crippen LogP contribution in [0.1, 0.15) is 6.42 Å². The minimum atomic E-state index is -2.84. The fourth-order valence-corrected chi connectivity index (χ4v) is 4.56. The van der Waals surface area contributed by atoms with Crippen molar-refractivity contribution in [3.63, 3.8) is 0 Å². The van der Waals surface area contributed by atoms with Crippen molar-refractivity contribution in [1.82, 2.24) is 4.98 Å². The average molecular weight is 294 g/mol. The molecule has 0 amide bonds. The molecule has 1 saturated heterocycles. The molecule has 1 aliphatic rings. The number of rotatable bonds is 3. The third-order valence-corrected chi connectivity index (χ3v) is 5.74. The number of benzene rings is 1. The monoisotopic (exact) mass is 294 g/mol. The van der Waals surface area contributed by atoms with Crippen LogP contribution in [0.15, 0.2) is 35.8 Å². The summed E-state index contributed by atoms with van der Waals surface area (Å²) in [5, 5.41) is 6.21. The van der Waals surface area contributed by atoms with Gasteiger partial charge >= 0.3 is 0 Å². The average Bonchev–Trinajstić information content (AvgIpc) is 2.99. The molecule has 19 heavy (non-hydrogen) atoms. The van der Waals surface area contributed by atoms with E-state index in [1.807, 2.05) is 29.6 Å². The van der Waals surface area contributed by atoms with Gasteiger partial charge in [0, 0.05) is 28.9 Å². The van der Waals surface area contributed by atoms with Crippen LogP contribution in [0.5, 0.6) is 0 Å². The summed E-state index contributed by atoms with van der Waals surface area (Å²) in [5.74, 6) is 0.519. The molecule has 1 N–H and O–H groups in total. The van der Waals surface area contributed by atoms with Crippen molar-refractivity contribution in [1.29, 1.82) is 0 Å². The Bertz CT molecular complexity index is 666. The minimum Gasteiger partial charge on any atom is -0.381 e. The minimum absolute atomic E-state index is 0.0246. The topological polar surface area (TPSA) is 59.1 Å². The second-order valence-electron chi connectivity index (χ2n) is 4.66. The number of nitrogens with zero attached hydrogens (tertiary/aromatic N) is 1. The van der Waals surface area contributed by atoms with Gasteiger partial charge in [0.05, 0.1) is 11.5 Å². The van der Waals surface area contributed by atoms with Crippen molar-refractivity contribution in [2.24, 2.45) is 0 Å². The molecule has 2 heterocycles. The predicted octanol–water partition coefficient (Wildman–Crippen LogP) is 2.41. The van der Waals surface area contributed by atoms with Gasteiger partial charge < -0.3 is 5.32 Å². The van der Waals surface area contributed by atoms with E-state index in [2.05, 4.69) is 10.3 Å². The molecule has 0 saturated carbocycles. The summed E-state index contributed by atoms with van der Waals surface area (Å²) in [6.07, 6.45) is 2.47. The van der Waals surface area contributed by atoms with Gasteiger partial charge in [0.15, 0.2) is 9.84 Å². The SMILES string of the molecule is O=S1(=O)CCC(Nc2cccc(-c3nccs3)c2)C1. The zero-order valence-corrected chi connectivity index (χ0v) is 11.9. The van der Waals surface area contributed by atoms with Crippen molar-refractivity contribution in [2.45, 2.75) is 12.5 Å². The second kappa shape index (κ2) is 4.94. The highest BCUT2D eigenvalue weighted by atomic mass is 32.2. The van der Waals surface area contributed by atoms with Gasteiger partial charge in [-0.3, -0.25) is 0 Å². The molecule has 1 aromatic carbocycles. The second-order valence-corrected chi connectivity index (χ2v) is 7.79. The number of thiazole rings is 1. The molecule has 1 aromatic heterocycles. The standard InChI is InChI=1S/C13H14N2O2S2/c16-19(17)7-4-12(9-19)15-11-3-1-2-10(8-11)13-14-5-6-18-13/h1-3,5-6,8,12,15H,4,7,9H2. The van der Waals surface area contributed by atoms with Crippen LogP contribution >= 0.6 is 11.3 Å². The van der Waals surface area contributed by atoms with Crippen LogP contribution in [0.2, 0.25) is 0 Å². The van der Waals surface area contributed by atoms with E-state index >= 15 is 0 Å². The van der Waals surface area contributed by atoms with E-state index in [1.54, 1.807) is 17.5 Å². The lowest BCUT2D eigenvalue weighted by molar-refractivity contribution is 0.602. The van der Waals surface area contributed by atoms with Crippen molar-refractivity contribution in [2.75, 3.05) is 16.8 Å². The Morgan fingerprint density at radius 1 is 1.37 bits per heavy atom. The highest BCUT2D eigenvalue weighted by molar-refractivity contribution is 7.91. The smallest absolute Gasteiger partial charge is 0.152 e. The first-order valence-electron chi connectivity index (χ1n) is 6.09. The Hall–Kier alpha value is -1.40. The molecule has 1 fully saturated rings. The number of hydrogen-bond donors (Lipinski definition) is 1. The molecule has 3 rings (SSSR count). The van der Waals surface area contributed by atoms with Gasteiger partial charge in [0.2, 0.25) is 0 Å². The maximum atomic E-state index is 11.4. The molecule has 0 radical (unpaired) electrons. The third-order valence-electron chi connectivity index (χ3n) is 3.15. The molecule has 1 unspecified atom stereocenters. The molecule has 0 spiro atoms. The Labute approximate surface area is 116 Å². The van der Waals surface area contributed by atoms with E-state index in [4.69, 9.17) is 0 Å². The number of anilines is 1. The summed E-state index contributed by atoms with van der Waals surface area (Å²) < 4.78 is 22.9. The fraction of sp³-hybridized carbons (Fsp3) is 0.308. The van der Waals surface area contributed by atoms with Gasteiger partial charge in [0.25, 0.3) is 0 Å². The van der Waals surface area contributed by atoms with Gasteiger partial charge in [-0.1, -0.05) is 12.1 Å². The first kappa shape index (κ1) is 12.6. The Morgan fingerprint density at radius 2 is 2.26 bits per heavy atom. The fourth-order valence-electron chi connectivity index (χ4n) is 2.25. The van der Waals surface area contributed by atoms with Crippen LogP contribution in [-0.4, -0.2) is 30.9 Å². The van der Waals surface area contributed by atoms with Crippen LogP contribution in [0.4, 0.5) is 5.69 Å². The molecule has 2 aromatic rings. The summed E-state index contributed by atoms with van der Waals surface area (Å²) in [6.45, 7) is 0. The summed E-state index contributed by atoms with van der Waals surface area (Å²) in [6, 6.07) is 7.97. The molecule has 6 heteroatoms. The van der Waals surface area contributed by atoms with E-state index in [-0.39, 0.29) is 17.5 Å². The van der Waals surface area contributed by atoms with Gasteiger partial charge in [0.1, 0.15) is 5.01 Å². The summed E-state index contributed by atoms with van der Waals surface area (Å²) >= 11 is 1.59. The normalized spacial score (nSPS) is 21.4. The number of nitrogens with one attached hydrogen (secondary N) is 1. The maximum absolute atomic E-state index is 11.4. The summed E-state index contributed by atoms with van der Waals surface area (Å²) in [5.41, 5.74) is 2.01. The van der Waals surface area contributed by atoms with Crippen LogP contribution in [0, 0.1) is 0 Å². The summed E-state index contributed by atoms with van der Waals surface area (Å²) in [4.78, 5) is 4.28. The zero-order valence-electron chi connectivity index (χ0n) is 10.2. The van der Waals surface area contributed by atoms with E-state index in [1.165, 1.54) is 0 Å². The molecule has 0 bridgehead atoms. The molecule has 1 aliphatic heterocycles. The van der Waals surface area contributed by atoms with Crippen molar-refractivity contribution in [3.05, 3.63) is 35.8 Å². The van der Waals surface area contributed by atoms with Crippen LogP contribution in [0.3, 0.4) is 0 Å². The highest BCUT2D eigenvalue weighted by Gasteiger charge is 2.27. The van der Waals surface area contributed by atoms with Gasteiger partial charge in [-0.25, -0.2) is 13.4 Å². The lowest BCUT2D eigenvalue weighted by Gasteiger charge is -2.12. The Balaban J connectivity index is 1.77. The number of hydrogen-bond acceptors (Lipinski definition) is 5. The van der Waals surface area contributed by atoms with E-state index < -0.39 is 9.84 Å². The largest absolute Gasteiger partial charge is 0.381 e. The van der Waals surface area contributed by atoms with E-state index in [0.717, 1.165) is 16.3 Å². The Morgan fingerprint density at radius 3 is 2.95 bits per heavy atom. The van der Waals surface area contributed by atoms with Crippen molar-refractivity contribution in [3.8, 4) is 10.6 Å². The first-order valence-corrected chi connectivity index (χ1v) is 8.79. The first-order chi connectivity index (χ1) is 9.12. The quantitative estimate of drug-likeness (QED) is 0.944. The van der Waals surface area contributed by atoms with Gasteiger partial charge in [-0.05, 0) is 18.6 Å². The molecular weight excluding hydrogens is 280 g/mol. The third kappa shape index (κ3) is 2.96. The lowest BCUT2D eigenvalue weighted by Crippen LogP contribution is -2.20. The molecule has 4 nitrogen and oxygen atoms in total. The predicted molar refractivity (Wildman–Crippen MR) is 78.2 cm³/mol. The van der Waals surface area contributed by atoms with Crippen LogP contribution < -0.4 is 5.32 Å². The van der Waals surface area contributed by atoms with Gasteiger partial charge in [-0.15, -0.1) is 11.3 Å². The molecule has 1 atom stereocenters. The number of aromatic nitrogens is 1. The molecule has 0 aliphatic carbocycles.